The molecule has 0 aromatic rings. The molecule has 0 bridgehead atoms. The maximum atomic E-state index is 10.4. The number of carboxylic acids is 2. The minimum absolute atomic E-state index is 0.294. The monoisotopic (exact) mass is 366 g/mol. The van der Waals surface area contributed by atoms with E-state index in [1.54, 1.807) is 0 Å². The first kappa shape index (κ1) is 24.4. The highest BCUT2D eigenvalue weighted by molar-refractivity contribution is 5.66. The minimum atomic E-state index is -0.692. The summed E-state index contributed by atoms with van der Waals surface area (Å²) in [5.74, 6) is -1.38. The number of carboxylic acid groups (broad SMARTS) is 2. The smallest absolute Gasteiger partial charge is 0.303 e. The molecule has 0 fully saturated rings. The van der Waals surface area contributed by atoms with Crippen LogP contribution in [0.25, 0.3) is 0 Å². The number of carbonyl (C=O) groups is 2. The van der Waals surface area contributed by atoms with E-state index < -0.39 is 11.9 Å². The van der Waals surface area contributed by atoms with Gasteiger partial charge in [-0.3, -0.25) is 9.59 Å². The second-order valence-corrected chi connectivity index (χ2v) is 7.29. The number of aliphatic carboxylic acids is 2. The highest BCUT2D eigenvalue weighted by Crippen LogP contribution is 2.14. The summed E-state index contributed by atoms with van der Waals surface area (Å²) in [4.78, 5) is 20.8. The molecule has 150 valence electrons. The molecule has 0 saturated heterocycles. The van der Waals surface area contributed by atoms with Crippen LogP contribution in [0.3, 0.4) is 0 Å². The molecular formula is C22H38O4. The number of allylic oxidation sites excluding steroid dienone is 4. The van der Waals surface area contributed by atoms with Crippen LogP contribution in [0, 0.1) is 0 Å². The van der Waals surface area contributed by atoms with Gasteiger partial charge in [-0.25, -0.2) is 0 Å². The zero-order chi connectivity index (χ0) is 19.6. The van der Waals surface area contributed by atoms with Crippen LogP contribution in [0.1, 0.15) is 104 Å². The van der Waals surface area contributed by atoms with Crippen LogP contribution in [0.15, 0.2) is 23.3 Å². The molecule has 0 aliphatic rings. The van der Waals surface area contributed by atoms with Crippen LogP contribution in [-0.4, -0.2) is 22.2 Å². The highest BCUT2D eigenvalue weighted by Gasteiger charge is 1.98. The Morgan fingerprint density at radius 2 is 1.00 bits per heavy atom. The van der Waals surface area contributed by atoms with Gasteiger partial charge in [0, 0.05) is 12.8 Å². The fourth-order valence-corrected chi connectivity index (χ4v) is 2.91. The molecule has 0 aromatic carbocycles. The lowest BCUT2D eigenvalue weighted by atomic mass is 10.0. The van der Waals surface area contributed by atoms with Gasteiger partial charge in [0.05, 0.1) is 0 Å². The van der Waals surface area contributed by atoms with Crippen molar-refractivity contribution in [2.24, 2.45) is 0 Å². The number of hydrogen-bond acceptors (Lipinski definition) is 2. The van der Waals surface area contributed by atoms with Crippen LogP contribution in [0.5, 0.6) is 0 Å². The molecule has 26 heavy (non-hydrogen) atoms. The number of rotatable bonds is 17. The van der Waals surface area contributed by atoms with Crippen LogP contribution in [0.4, 0.5) is 0 Å². The molecule has 4 heteroatoms. The summed E-state index contributed by atoms with van der Waals surface area (Å²) in [5.41, 5.74) is 2.88. The van der Waals surface area contributed by atoms with E-state index in [2.05, 4.69) is 26.0 Å². The topological polar surface area (TPSA) is 74.6 Å². The molecule has 0 radical (unpaired) electrons. The van der Waals surface area contributed by atoms with E-state index in [9.17, 15) is 9.59 Å². The fourth-order valence-electron chi connectivity index (χ4n) is 2.91. The van der Waals surface area contributed by atoms with E-state index in [1.807, 2.05) is 0 Å². The molecule has 0 aliphatic carbocycles. The molecule has 2 N–H and O–H groups in total. The maximum absolute atomic E-state index is 10.4. The lowest BCUT2D eigenvalue weighted by Crippen LogP contribution is -1.93. The van der Waals surface area contributed by atoms with E-state index in [4.69, 9.17) is 10.2 Å². The molecular weight excluding hydrogens is 328 g/mol. The Morgan fingerprint density at radius 1 is 0.577 bits per heavy atom. The predicted molar refractivity (Wildman–Crippen MR) is 107 cm³/mol. The molecule has 0 spiro atoms. The first-order chi connectivity index (χ1) is 12.4. The van der Waals surface area contributed by atoms with Gasteiger partial charge in [0.2, 0.25) is 0 Å². The van der Waals surface area contributed by atoms with Crippen molar-refractivity contribution in [3.05, 3.63) is 23.3 Å². The molecule has 0 aromatic heterocycles. The summed E-state index contributed by atoms with van der Waals surface area (Å²) in [5, 5.41) is 17.2. The van der Waals surface area contributed by atoms with Crippen molar-refractivity contribution in [3.8, 4) is 0 Å². The second-order valence-electron chi connectivity index (χ2n) is 7.29. The molecule has 0 rings (SSSR count). The molecule has 0 heterocycles. The van der Waals surface area contributed by atoms with E-state index in [1.165, 1.54) is 11.1 Å². The van der Waals surface area contributed by atoms with Gasteiger partial charge in [0.15, 0.2) is 0 Å². The van der Waals surface area contributed by atoms with Gasteiger partial charge in [-0.1, -0.05) is 49.0 Å². The fraction of sp³-hybridized carbons (Fsp3) is 0.727. The summed E-state index contributed by atoms with van der Waals surface area (Å²) < 4.78 is 0. The first-order valence-corrected chi connectivity index (χ1v) is 10.2. The van der Waals surface area contributed by atoms with Gasteiger partial charge in [-0.05, 0) is 65.2 Å². The Morgan fingerprint density at radius 3 is 1.54 bits per heavy atom. The van der Waals surface area contributed by atoms with Gasteiger partial charge in [0.1, 0.15) is 0 Å². The van der Waals surface area contributed by atoms with Gasteiger partial charge in [-0.15, -0.1) is 0 Å². The third kappa shape index (κ3) is 18.8. The largest absolute Gasteiger partial charge is 0.481 e. The molecule has 0 aliphatic heterocycles. The van der Waals surface area contributed by atoms with E-state index in [0.717, 1.165) is 77.0 Å². The molecule has 0 unspecified atom stereocenters. The zero-order valence-electron chi connectivity index (χ0n) is 16.8. The van der Waals surface area contributed by atoms with E-state index in [-0.39, 0.29) is 0 Å². The quantitative estimate of drug-likeness (QED) is 0.227. The van der Waals surface area contributed by atoms with Crippen molar-refractivity contribution in [1.82, 2.24) is 0 Å². The summed E-state index contributed by atoms with van der Waals surface area (Å²) >= 11 is 0. The van der Waals surface area contributed by atoms with Crippen molar-refractivity contribution in [2.75, 3.05) is 0 Å². The van der Waals surface area contributed by atoms with E-state index in [0.29, 0.717) is 12.8 Å². The van der Waals surface area contributed by atoms with Crippen LogP contribution < -0.4 is 0 Å². The Bertz CT molecular complexity index is 449. The summed E-state index contributed by atoms with van der Waals surface area (Å²) in [6.07, 6.45) is 17.8. The zero-order valence-corrected chi connectivity index (χ0v) is 16.8. The third-order valence-corrected chi connectivity index (χ3v) is 4.58. The third-order valence-electron chi connectivity index (χ3n) is 4.58. The summed E-state index contributed by atoms with van der Waals surface area (Å²) in [7, 11) is 0. The van der Waals surface area contributed by atoms with Gasteiger partial charge in [-0.2, -0.15) is 0 Å². The lowest BCUT2D eigenvalue weighted by Gasteiger charge is -2.03. The highest BCUT2D eigenvalue weighted by atomic mass is 16.4. The predicted octanol–water partition coefficient (Wildman–Crippen LogP) is 6.51. The van der Waals surface area contributed by atoms with Gasteiger partial charge >= 0.3 is 11.9 Å². The number of hydrogen-bond donors (Lipinski definition) is 2. The SMILES string of the molecule is CC(=CCCCCCCC(=O)O)CCC=C(C)CCCCCCC(=O)O. The number of unbranched alkanes of at least 4 members (excludes halogenated alkanes) is 7. The van der Waals surface area contributed by atoms with Crippen molar-refractivity contribution in [3.63, 3.8) is 0 Å². The summed E-state index contributed by atoms with van der Waals surface area (Å²) in [6.45, 7) is 4.38. The maximum Gasteiger partial charge on any atom is 0.303 e. The van der Waals surface area contributed by atoms with Crippen LogP contribution >= 0.6 is 0 Å². The average Bonchev–Trinajstić information content (AvgIpc) is 2.56. The van der Waals surface area contributed by atoms with Gasteiger partial charge < -0.3 is 10.2 Å². The van der Waals surface area contributed by atoms with Crippen molar-refractivity contribution < 1.29 is 19.8 Å². The van der Waals surface area contributed by atoms with E-state index >= 15 is 0 Å². The lowest BCUT2D eigenvalue weighted by molar-refractivity contribution is -0.138. The Hall–Kier alpha value is -1.58. The van der Waals surface area contributed by atoms with Crippen molar-refractivity contribution in [1.29, 1.82) is 0 Å². The van der Waals surface area contributed by atoms with Crippen LogP contribution in [0.2, 0.25) is 0 Å². The first-order valence-electron chi connectivity index (χ1n) is 10.2. The van der Waals surface area contributed by atoms with Crippen molar-refractivity contribution in [2.45, 2.75) is 104 Å². The molecule has 0 amide bonds. The standard InChI is InChI=1S/C22H38O4/c1-19(13-8-4-3-5-10-17-21(23)24)15-12-16-20(2)14-9-6-7-11-18-22(25)26/h13,16H,3-12,14-15,17-18H2,1-2H3,(H,23,24)(H,25,26). The Balaban J connectivity index is 3.61. The second kappa shape index (κ2) is 16.9. The Labute approximate surface area is 159 Å². The normalized spacial score (nSPS) is 12.4. The molecule has 4 nitrogen and oxygen atoms in total. The van der Waals surface area contributed by atoms with Gasteiger partial charge in [0.25, 0.3) is 0 Å². The summed E-state index contributed by atoms with van der Waals surface area (Å²) in [6, 6.07) is 0. The average molecular weight is 367 g/mol. The molecule has 0 saturated carbocycles. The van der Waals surface area contributed by atoms with Crippen molar-refractivity contribution >= 4 is 11.9 Å². The van der Waals surface area contributed by atoms with Crippen LogP contribution in [-0.2, 0) is 9.59 Å². The Kier molecular flexibility index (Phi) is 15.8. The minimum Gasteiger partial charge on any atom is -0.481 e. The molecule has 0 atom stereocenters.